The van der Waals surface area contributed by atoms with E-state index in [0.717, 1.165) is 46.0 Å². The zero-order valence-corrected chi connectivity index (χ0v) is 15.6. The van der Waals surface area contributed by atoms with Crippen LogP contribution in [-0.2, 0) is 16.0 Å². The summed E-state index contributed by atoms with van der Waals surface area (Å²) in [4.78, 5) is 13.9. The Labute approximate surface area is 153 Å². The number of hydrogen-bond donors (Lipinski definition) is 0. The summed E-state index contributed by atoms with van der Waals surface area (Å²) in [6, 6.07) is 10.1. The molecule has 0 radical (unpaired) electrons. The van der Waals surface area contributed by atoms with Crippen LogP contribution in [0.3, 0.4) is 0 Å². The monoisotopic (exact) mass is 355 g/mol. The minimum absolute atomic E-state index is 0.215. The molecule has 0 unspecified atom stereocenters. The van der Waals surface area contributed by atoms with E-state index in [4.69, 9.17) is 13.9 Å². The molecular weight excluding hydrogens is 330 g/mol. The lowest BCUT2D eigenvalue weighted by molar-refractivity contribution is -0.142. The van der Waals surface area contributed by atoms with Crippen LogP contribution in [0.5, 0.6) is 5.75 Å². The molecule has 2 aromatic carbocycles. The van der Waals surface area contributed by atoms with Gasteiger partial charge in [-0.1, -0.05) is 6.07 Å². The Morgan fingerprint density at radius 1 is 1.15 bits per heavy atom. The molecule has 26 heavy (non-hydrogen) atoms. The van der Waals surface area contributed by atoms with Crippen molar-refractivity contribution < 1.29 is 18.7 Å². The standard InChI is InChI=1S/C21H25NO4/c1-4-24-21(23)13-17-14-26-20-12-15-6-7-18(10-16(15)11-19(17)20)25-9-5-8-22(2)3/h6-7,10-12,14H,4-5,8-9,13H2,1-3H3. The van der Waals surface area contributed by atoms with Crippen molar-refractivity contribution in [3.63, 3.8) is 0 Å². The van der Waals surface area contributed by atoms with Gasteiger partial charge in [-0.3, -0.25) is 4.79 Å². The first-order valence-corrected chi connectivity index (χ1v) is 8.94. The number of ether oxygens (including phenoxy) is 2. The molecular formula is C21H25NO4. The zero-order valence-electron chi connectivity index (χ0n) is 15.6. The Hall–Kier alpha value is -2.53. The second-order valence-corrected chi connectivity index (χ2v) is 6.61. The largest absolute Gasteiger partial charge is 0.494 e. The van der Waals surface area contributed by atoms with Crippen molar-refractivity contribution in [1.29, 1.82) is 0 Å². The lowest BCUT2D eigenvalue weighted by Gasteiger charge is -2.11. The summed E-state index contributed by atoms with van der Waals surface area (Å²) < 4.78 is 16.5. The van der Waals surface area contributed by atoms with Gasteiger partial charge in [0.05, 0.1) is 25.9 Å². The lowest BCUT2D eigenvalue weighted by Crippen LogP contribution is -2.15. The van der Waals surface area contributed by atoms with E-state index in [-0.39, 0.29) is 12.4 Å². The first-order chi connectivity index (χ1) is 12.6. The highest BCUT2D eigenvalue weighted by Gasteiger charge is 2.12. The predicted octanol–water partition coefficient (Wildman–Crippen LogP) is 4.02. The SMILES string of the molecule is CCOC(=O)Cc1coc2cc3ccc(OCCCN(C)C)cc3cc12. The van der Waals surface area contributed by atoms with Crippen LogP contribution in [0, 0.1) is 0 Å². The number of fused-ring (bicyclic) bond motifs is 2. The molecule has 0 atom stereocenters. The number of carbonyl (C=O) groups excluding carboxylic acids is 1. The lowest BCUT2D eigenvalue weighted by atomic mass is 10.0. The Kier molecular flexibility index (Phi) is 5.78. The van der Waals surface area contributed by atoms with E-state index >= 15 is 0 Å². The molecule has 0 saturated carbocycles. The van der Waals surface area contributed by atoms with Crippen molar-refractivity contribution in [2.24, 2.45) is 0 Å². The molecule has 5 heteroatoms. The van der Waals surface area contributed by atoms with Crippen molar-refractivity contribution in [2.75, 3.05) is 33.9 Å². The van der Waals surface area contributed by atoms with Gasteiger partial charge in [-0.15, -0.1) is 0 Å². The smallest absolute Gasteiger partial charge is 0.310 e. The molecule has 1 aromatic heterocycles. The van der Waals surface area contributed by atoms with E-state index in [1.165, 1.54) is 0 Å². The summed E-state index contributed by atoms with van der Waals surface area (Å²) in [6.07, 6.45) is 2.84. The second-order valence-electron chi connectivity index (χ2n) is 6.61. The Morgan fingerprint density at radius 3 is 2.77 bits per heavy atom. The molecule has 3 aromatic rings. The molecule has 0 N–H and O–H groups in total. The van der Waals surface area contributed by atoms with Crippen molar-refractivity contribution in [3.8, 4) is 5.75 Å². The molecule has 0 amide bonds. The van der Waals surface area contributed by atoms with E-state index in [9.17, 15) is 4.79 Å². The number of esters is 1. The van der Waals surface area contributed by atoms with Gasteiger partial charge < -0.3 is 18.8 Å². The Bertz CT molecular complexity index is 898. The van der Waals surface area contributed by atoms with Gasteiger partial charge in [0.15, 0.2) is 0 Å². The minimum atomic E-state index is -0.242. The summed E-state index contributed by atoms with van der Waals surface area (Å²) >= 11 is 0. The fourth-order valence-electron chi connectivity index (χ4n) is 2.97. The van der Waals surface area contributed by atoms with Gasteiger partial charge in [-0.2, -0.15) is 0 Å². The minimum Gasteiger partial charge on any atom is -0.494 e. The maximum Gasteiger partial charge on any atom is 0.310 e. The number of hydrogen-bond acceptors (Lipinski definition) is 5. The summed E-state index contributed by atoms with van der Waals surface area (Å²) in [7, 11) is 4.11. The highest BCUT2D eigenvalue weighted by Crippen LogP contribution is 2.29. The van der Waals surface area contributed by atoms with Gasteiger partial charge in [0, 0.05) is 17.5 Å². The van der Waals surface area contributed by atoms with Crippen LogP contribution in [0.2, 0.25) is 0 Å². The normalized spacial score (nSPS) is 11.4. The van der Waals surface area contributed by atoms with E-state index < -0.39 is 0 Å². The molecule has 3 rings (SSSR count). The summed E-state index contributed by atoms with van der Waals surface area (Å²) in [5.41, 5.74) is 1.62. The predicted molar refractivity (Wildman–Crippen MR) is 103 cm³/mol. The van der Waals surface area contributed by atoms with Crippen molar-refractivity contribution >= 4 is 27.7 Å². The zero-order chi connectivity index (χ0) is 18.5. The Balaban J connectivity index is 1.81. The van der Waals surface area contributed by atoms with Crippen molar-refractivity contribution in [3.05, 3.63) is 42.2 Å². The number of carbonyl (C=O) groups is 1. The quantitative estimate of drug-likeness (QED) is 0.451. The summed E-state index contributed by atoms with van der Waals surface area (Å²) in [5.74, 6) is 0.610. The fourth-order valence-corrected chi connectivity index (χ4v) is 2.97. The number of furan rings is 1. The number of nitrogens with zero attached hydrogens (tertiary/aromatic N) is 1. The molecule has 0 bridgehead atoms. The number of benzene rings is 2. The summed E-state index contributed by atoms with van der Waals surface area (Å²) in [6.45, 7) is 3.87. The van der Waals surface area contributed by atoms with Gasteiger partial charge >= 0.3 is 5.97 Å². The average Bonchev–Trinajstić information content (AvgIpc) is 2.98. The van der Waals surface area contributed by atoms with Gasteiger partial charge in [0.1, 0.15) is 11.3 Å². The third kappa shape index (κ3) is 4.35. The highest BCUT2D eigenvalue weighted by molar-refractivity contribution is 5.98. The van der Waals surface area contributed by atoms with Gasteiger partial charge in [-0.05, 0) is 62.5 Å². The van der Waals surface area contributed by atoms with E-state index in [0.29, 0.717) is 13.2 Å². The first-order valence-electron chi connectivity index (χ1n) is 8.94. The third-order valence-electron chi connectivity index (χ3n) is 4.24. The molecule has 0 saturated heterocycles. The average molecular weight is 355 g/mol. The van der Waals surface area contributed by atoms with Gasteiger partial charge in [0.25, 0.3) is 0 Å². The summed E-state index contributed by atoms with van der Waals surface area (Å²) in [5, 5.41) is 3.08. The van der Waals surface area contributed by atoms with E-state index in [2.05, 4.69) is 25.1 Å². The van der Waals surface area contributed by atoms with Crippen LogP contribution < -0.4 is 4.74 Å². The molecule has 0 aliphatic heterocycles. The van der Waals surface area contributed by atoms with Crippen LogP contribution in [-0.4, -0.2) is 44.7 Å². The molecule has 0 spiro atoms. The number of rotatable bonds is 8. The maximum atomic E-state index is 11.8. The molecule has 138 valence electrons. The van der Waals surface area contributed by atoms with Crippen molar-refractivity contribution in [2.45, 2.75) is 19.8 Å². The molecule has 0 aliphatic carbocycles. The van der Waals surface area contributed by atoms with Crippen LogP contribution in [0.25, 0.3) is 21.7 Å². The highest BCUT2D eigenvalue weighted by atomic mass is 16.5. The second kappa shape index (κ2) is 8.23. The van der Waals surface area contributed by atoms with E-state index in [1.807, 2.05) is 24.3 Å². The third-order valence-corrected chi connectivity index (χ3v) is 4.24. The molecule has 5 nitrogen and oxygen atoms in total. The van der Waals surface area contributed by atoms with Crippen LogP contribution in [0.1, 0.15) is 18.9 Å². The molecule has 1 heterocycles. The Morgan fingerprint density at radius 2 is 2.00 bits per heavy atom. The van der Waals surface area contributed by atoms with Crippen LogP contribution in [0.15, 0.2) is 41.0 Å². The van der Waals surface area contributed by atoms with Gasteiger partial charge in [0.2, 0.25) is 0 Å². The van der Waals surface area contributed by atoms with Crippen LogP contribution >= 0.6 is 0 Å². The topological polar surface area (TPSA) is 51.9 Å². The van der Waals surface area contributed by atoms with E-state index in [1.54, 1.807) is 13.2 Å². The van der Waals surface area contributed by atoms with Crippen molar-refractivity contribution in [1.82, 2.24) is 4.90 Å². The maximum absolute atomic E-state index is 11.8. The fraction of sp³-hybridized carbons (Fsp3) is 0.381. The molecule has 0 aliphatic rings. The first kappa shape index (κ1) is 18.3. The molecule has 0 fully saturated rings. The van der Waals surface area contributed by atoms with Crippen LogP contribution in [0.4, 0.5) is 0 Å². The van der Waals surface area contributed by atoms with Gasteiger partial charge in [-0.25, -0.2) is 0 Å².